The van der Waals surface area contributed by atoms with Crippen molar-refractivity contribution in [2.45, 2.75) is 13.8 Å². The average Bonchev–Trinajstić information content (AvgIpc) is 3.24. The molecule has 4 aromatic rings. The Morgan fingerprint density at radius 2 is 1.93 bits per heavy atom. The molecule has 4 rings (SSSR count). The van der Waals surface area contributed by atoms with Gasteiger partial charge in [0.1, 0.15) is 5.69 Å². The van der Waals surface area contributed by atoms with Gasteiger partial charge in [0, 0.05) is 35.0 Å². The molecule has 0 saturated carbocycles. The van der Waals surface area contributed by atoms with E-state index in [1.165, 1.54) is 29.0 Å². The third kappa shape index (κ3) is 3.25. The number of carbonyl (C=O) groups excluding carboxylic acids is 1. The zero-order valence-electron chi connectivity index (χ0n) is 15.2. The minimum absolute atomic E-state index is 0.00854. The molecule has 2 heterocycles. The smallest absolute Gasteiger partial charge is 0.273 e. The van der Waals surface area contributed by atoms with E-state index in [0.717, 1.165) is 16.2 Å². The summed E-state index contributed by atoms with van der Waals surface area (Å²) in [7, 11) is 0. The first-order valence-electron chi connectivity index (χ1n) is 8.52. The van der Waals surface area contributed by atoms with Gasteiger partial charge in [0.2, 0.25) is 0 Å². The molecule has 0 atom stereocenters. The fraction of sp³-hybridized carbons (Fsp3) is 0.100. The van der Waals surface area contributed by atoms with Gasteiger partial charge in [-0.1, -0.05) is 29.8 Å². The Kier molecular flexibility index (Phi) is 4.40. The number of anilines is 1. The van der Waals surface area contributed by atoms with Crippen LogP contribution in [0.1, 0.15) is 21.6 Å². The largest absolute Gasteiger partial charge is 0.320 e. The lowest BCUT2D eigenvalue weighted by molar-refractivity contribution is -0.384. The Morgan fingerprint density at radius 1 is 1.18 bits per heavy atom. The number of nitro groups is 1. The van der Waals surface area contributed by atoms with Gasteiger partial charge in [-0.2, -0.15) is 0 Å². The average molecular weight is 392 g/mol. The third-order valence-electron chi connectivity index (χ3n) is 4.46. The Labute approximate surface area is 164 Å². The number of non-ortho nitro benzene ring substituents is 1. The Morgan fingerprint density at radius 3 is 2.61 bits per heavy atom. The fourth-order valence-electron chi connectivity index (χ4n) is 2.90. The summed E-state index contributed by atoms with van der Waals surface area (Å²) in [6.07, 6.45) is 1.84. The van der Waals surface area contributed by atoms with Gasteiger partial charge in [0.15, 0.2) is 4.96 Å². The summed E-state index contributed by atoms with van der Waals surface area (Å²) in [5.74, 6) is -0.295. The first-order chi connectivity index (χ1) is 13.4. The van der Waals surface area contributed by atoms with Crippen molar-refractivity contribution in [3.8, 4) is 11.3 Å². The second-order valence-electron chi connectivity index (χ2n) is 6.48. The summed E-state index contributed by atoms with van der Waals surface area (Å²) in [4.78, 5) is 28.5. The number of hydrogen-bond donors (Lipinski definition) is 1. The van der Waals surface area contributed by atoms with Crippen molar-refractivity contribution in [3.63, 3.8) is 0 Å². The Balaban J connectivity index is 1.63. The van der Waals surface area contributed by atoms with E-state index in [-0.39, 0.29) is 11.6 Å². The van der Waals surface area contributed by atoms with Crippen molar-refractivity contribution >= 4 is 33.6 Å². The predicted molar refractivity (Wildman–Crippen MR) is 109 cm³/mol. The van der Waals surface area contributed by atoms with Crippen molar-refractivity contribution in [2.75, 3.05) is 5.32 Å². The molecular formula is C20H16N4O3S. The van der Waals surface area contributed by atoms with Crippen LogP contribution in [-0.4, -0.2) is 20.2 Å². The number of benzene rings is 2. The molecule has 0 aliphatic rings. The number of nitro benzene ring substituents is 1. The normalized spacial score (nSPS) is 10.9. The van der Waals surface area contributed by atoms with E-state index in [1.807, 2.05) is 37.4 Å². The molecule has 0 unspecified atom stereocenters. The quantitative estimate of drug-likeness (QED) is 0.397. The molecule has 2 aromatic carbocycles. The van der Waals surface area contributed by atoms with E-state index in [9.17, 15) is 14.9 Å². The first-order valence-corrected chi connectivity index (χ1v) is 9.40. The number of rotatable bonds is 4. The van der Waals surface area contributed by atoms with Crippen LogP contribution in [0.15, 0.2) is 54.0 Å². The zero-order chi connectivity index (χ0) is 19.8. The zero-order valence-corrected chi connectivity index (χ0v) is 16.0. The molecule has 8 heteroatoms. The van der Waals surface area contributed by atoms with Crippen LogP contribution in [0.25, 0.3) is 16.2 Å². The van der Waals surface area contributed by atoms with Crippen molar-refractivity contribution < 1.29 is 9.72 Å². The Hall–Kier alpha value is -3.52. The van der Waals surface area contributed by atoms with Crippen molar-refractivity contribution in [1.29, 1.82) is 0 Å². The maximum absolute atomic E-state index is 12.8. The standard InChI is InChI=1S/C20H16N4O3S/c1-12-3-5-14(6-4-12)17-10-23-18(11-28-20(23)22-17)19(25)21-16-8-7-15(24(26)27)9-13(16)2/h3-11H,1-2H3,(H,21,25). The number of hydrogen-bond acceptors (Lipinski definition) is 5. The number of nitrogens with zero attached hydrogens (tertiary/aromatic N) is 3. The van der Waals surface area contributed by atoms with Crippen molar-refractivity contribution in [3.05, 3.63) is 81.0 Å². The highest BCUT2D eigenvalue weighted by Gasteiger charge is 2.17. The van der Waals surface area contributed by atoms with E-state index in [0.29, 0.717) is 16.9 Å². The monoisotopic (exact) mass is 392 g/mol. The third-order valence-corrected chi connectivity index (χ3v) is 5.30. The highest BCUT2D eigenvalue weighted by molar-refractivity contribution is 7.15. The number of aryl methyl sites for hydroxylation is 2. The molecular weight excluding hydrogens is 376 g/mol. The number of amides is 1. The van der Waals surface area contributed by atoms with Crippen LogP contribution in [-0.2, 0) is 0 Å². The molecule has 140 valence electrons. The minimum Gasteiger partial charge on any atom is -0.320 e. The lowest BCUT2D eigenvalue weighted by Gasteiger charge is -2.07. The second kappa shape index (κ2) is 6.90. The maximum atomic E-state index is 12.8. The summed E-state index contributed by atoms with van der Waals surface area (Å²) in [5.41, 5.74) is 4.57. The Bertz CT molecular complexity index is 1210. The molecule has 0 aliphatic heterocycles. The van der Waals surface area contributed by atoms with Crippen LogP contribution in [0.3, 0.4) is 0 Å². The van der Waals surface area contributed by atoms with Crippen LogP contribution in [0.5, 0.6) is 0 Å². The number of thiazole rings is 1. The maximum Gasteiger partial charge on any atom is 0.273 e. The van der Waals surface area contributed by atoms with Crippen molar-refractivity contribution in [1.82, 2.24) is 9.38 Å². The summed E-state index contributed by atoms with van der Waals surface area (Å²) < 4.78 is 1.76. The van der Waals surface area contributed by atoms with Gasteiger partial charge < -0.3 is 5.32 Å². The van der Waals surface area contributed by atoms with Crippen LogP contribution in [0.2, 0.25) is 0 Å². The number of carbonyl (C=O) groups is 1. The fourth-order valence-corrected chi connectivity index (χ4v) is 3.75. The van der Waals surface area contributed by atoms with Gasteiger partial charge in [-0.25, -0.2) is 4.98 Å². The minimum atomic E-state index is -0.459. The molecule has 0 saturated heterocycles. The van der Waals surface area contributed by atoms with Crippen LogP contribution >= 0.6 is 11.3 Å². The van der Waals surface area contributed by atoms with Gasteiger partial charge in [-0.05, 0) is 25.5 Å². The number of aromatic nitrogens is 2. The predicted octanol–water partition coefficient (Wildman–Crippen LogP) is 4.84. The van der Waals surface area contributed by atoms with E-state index in [1.54, 1.807) is 22.8 Å². The highest BCUT2D eigenvalue weighted by Crippen LogP contribution is 2.26. The molecule has 0 spiro atoms. The number of fused-ring (bicyclic) bond motifs is 1. The lowest BCUT2D eigenvalue weighted by Crippen LogP contribution is -2.14. The highest BCUT2D eigenvalue weighted by atomic mass is 32.1. The molecule has 28 heavy (non-hydrogen) atoms. The second-order valence-corrected chi connectivity index (χ2v) is 7.31. The molecule has 0 radical (unpaired) electrons. The SMILES string of the molecule is Cc1ccc(-c2cn3c(C(=O)Nc4ccc([N+](=O)[O-])cc4C)csc3n2)cc1. The van der Waals surface area contributed by atoms with E-state index in [4.69, 9.17) is 0 Å². The summed E-state index contributed by atoms with van der Waals surface area (Å²) in [6, 6.07) is 12.4. The van der Waals surface area contributed by atoms with Gasteiger partial charge >= 0.3 is 0 Å². The summed E-state index contributed by atoms with van der Waals surface area (Å²) in [6.45, 7) is 3.75. The van der Waals surface area contributed by atoms with Gasteiger partial charge in [0.05, 0.1) is 10.6 Å². The molecule has 0 aliphatic carbocycles. The summed E-state index contributed by atoms with van der Waals surface area (Å²) in [5, 5.41) is 15.4. The molecule has 2 aromatic heterocycles. The molecule has 0 fully saturated rings. The van der Waals surface area contributed by atoms with Crippen LogP contribution in [0, 0.1) is 24.0 Å². The first kappa shape index (κ1) is 17.9. The number of nitrogens with one attached hydrogen (secondary N) is 1. The van der Waals surface area contributed by atoms with Crippen molar-refractivity contribution in [2.24, 2.45) is 0 Å². The molecule has 1 amide bonds. The van der Waals surface area contributed by atoms with Crippen LogP contribution < -0.4 is 5.32 Å². The topological polar surface area (TPSA) is 89.5 Å². The van der Waals surface area contributed by atoms with Gasteiger partial charge in [-0.3, -0.25) is 19.3 Å². The van der Waals surface area contributed by atoms with Gasteiger partial charge in [0.25, 0.3) is 11.6 Å². The molecule has 7 nitrogen and oxygen atoms in total. The molecule has 1 N–H and O–H groups in total. The van der Waals surface area contributed by atoms with Crippen LogP contribution in [0.4, 0.5) is 11.4 Å². The van der Waals surface area contributed by atoms with Gasteiger partial charge in [-0.15, -0.1) is 11.3 Å². The summed E-state index contributed by atoms with van der Waals surface area (Å²) >= 11 is 1.38. The van der Waals surface area contributed by atoms with E-state index in [2.05, 4.69) is 10.3 Å². The number of imidazole rings is 1. The van der Waals surface area contributed by atoms with E-state index < -0.39 is 4.92 Å². The molecule has 0 bridgehead atoms. The lowest BCUT2D eigenvalue weighted by atomic mass is 10.1. The van der Waals surface area contributed by atoms with E-state index >= 15 is 0 Å².